The second-order valence-electron chi connectivity index (χ2n) is 2.70. The van der Waals surface area contributed by atoms with Crippen molar-refractivity contribution < 1.29 is 14.0 Å². The first kappa shape index (κ1) is 7.72. The lowest BCUT2D eigenvalue weighted by molar-refractivity contribution is 0.0879. The molecule has 1 heterocycles. The maximum atomic E-state index is 12.9. The molecule has 0 spiro atoms. The van der Waals surface area contributed by atoms with Gasteiger partial charge in [-0.05, 0) is 12.1 Å². The highest BCUT2D eigenvalue weighted by atomic mass is 19.1. The molecule has 66 valence electrons. The zero-order chi connectivity index (χ0) is 9.59. The van der Waals surface area contributed by atoms with Crippen LogP contribution in [0.3, 0.4) is 0 Å². The number of carbonyl (C=O) groups is 2. The molecule has 4 nitrogen and oxygen atoms in total. The van der Waals surface area contributed by atoms with Crippen LogP contribution in [0.15, 0.2) is 12.1 Å². The van der Waals surface area contributed by atoms with E-state index in [0.29, 0.717) is 0 Å². The van der Waals surface area contributed by atoms with Gasteiger partial charge in [0.25, 0.3) is 11.8 Å². The molecule has 2 rings (SSSR count). The maximum absolute atomic E-state index is 12.9. The van der Waals surface area contributed by atoms with Gasteiger partial charge >= 0.3 is 0 Å². The van der Waals surface area contributed by atoms with Gasteiger partial charge in [-0.2, -0.15) is 0 Å². The Kier molecular flexibility index (Phi) is 1.36. The van der Waals surface area contributed by atoms with E-state index in [1.165, 1.54) is 0 Å². The second kappa shape index (κ2) is 2.29. The van der Waals surface area contributed by atoms with Gasteiger partial charge in [-0.25, -0.2) is 4.39 Å². The number of hydrogen-bond donors (Lipinski definition) is 2. The highest BCUT2D eigenvalue weighted by molar-refractivity contribution is 6.21. The molecule has 0 bridgehead atoms. The van der Waals surface area contributed by atoms with Crippen molar-refractivity contribution in [1.29, 1.82) is 0 Å². The Labute approximate surface area is 72.5 Å². The Morgan fingerprint density at radius 2 is 1.69 bits per heavy atom. The van der Waals surface area contributed by atoms with Crippen molar-refractivity contribution in [2.24, 2.45) is 0 Å². The first-order valence-corrected chi connectivity index (χ1v) is 3.54. The predicted octanol–water partition coefficient (Wildman–Crippen LogP) is 0.292. The van der Waals surface area contributed by atoms with Crippen LogP contribution in [0.2, 0.25) is 0 Å². The van der Waals surface area contributed by atoms with E-state index in [-0.39, 0.29) is 16.8 Å². The van der Waals surface area contributed by atoms with E-state index >= 15 is 0 Å². The summed E-state index contributed by atoms with van der Waals surface area (Å²) in [6, 6.07) is 2.12. The topological polar surface area (TPSA) is 72.2 Å². The minimum atomic E-state index is -0.691. The zero-order valence-corrected chi connectivity index (χ0v) is 6.43. The molecule has 0 saturated heterocycles. The van der Waals surface area contributed by atoms with Gasteiger partial charge in [-0.15, -0.1) is 0 Å². The van der Waals surface area contributed by atoms with Gasteiger partial charge in [0.15, 0.2) is 0 Å². The zero-order valence-electron chi connectivity index (χ0n) is 6.43. The van der Waals surface area contributed by atoms with Crippen LogP contribution in [0.25, 0.3) is 0 Å². The van der Waals surface area contributed by atoms with Crippen LogP contribution in [-0.2, 0) is 0 Å². The third kappa shape index (κ3) is 0.970. The first-order chi connectivity index (χ1) is 6.09. The maximum Gasteiger partial charge on any atom is 0.259 e. The molecule has 0 unspecified atom stereocenters. The first-order valence-electron chi connectivity index (χ1n) is 3.54. The number of anilines is 1. The molecular formula is C8H5FN2O2. The highest BCUT2D eigenvalue weighted by Gasteiger charge is 2.27. The van der Waals surface area contributed by atoms with Crippen molar-refractivity contribution in [2.75, 3.05) is 5.73 Å². The number of nitrogens with one attached hydrogen (secondary N) is 1. The Bertz CT molecular complexity index is 389. The molecule has 2 amide bonds. The van der Waals surface area contributed by atoms with Crippen molar-refractivity contribution >= 4 is 17.5 Å². The summed E-state index contributed by atoms with van der Waals surface area (Å²) in [6.45, 7) is 0. The Morgan fingerprint density at radius 3 is 2.31 bits per heavy atom. The van der Waals surface area contributed by atoms with Crippen LogP contribution < -0.4 is 11.1 Å². The number of amides is 2. The van der Waals surface area contributed by atoms with Gasteiger partial charge in [0.05, 0.1) is 16.8 Å². The fraction of sp³-hybridized carbons (Fsp3) is 0. The lowest BCUT2D eigenvalue weighted by atomic mass is 10.1. The van der Waals surface area contributed by atoms with Crippen LogP contribution >= 0.6 is 0 Å². The van der Waals surface area contributed by atoms with Crippen LogP contribution in [0.1, 0.15) is 20.7 Å². The predicted molar refractivity (Wildman–Crippen MR) is 42.6 cm³/mol. The van der Waals surface area contributed by atoms with E-state index in [1.54, 1.807) is 0 Å². The van der Waals surface area contributed by atoms with E-state index in [0.717, 1.165) is 12.1 Å². The fourth-order valence-corrected chi connectivity index (χ4v) is 1.20. The Hall–Kier alpha value is -1.91. The third-order valence-electron chi connectivity index (χ3n) is 1.85. The van der Waals surface area contributed by atoms with Crippen molar-refractivity contribution in [3.63, 3.8) is 0 Å². The van der Waals surface area contributed by atoms with E-state index in [1.807, 2.05) is 5.32 Å². The summed E-state index contributed by atoms with van der Waals surface area (Å²) in [5.74, 6) is -1.81. The number of carbonyl (C=O) groups excluding carboxylic acids is 2. The summed E-state index contributed by atoms with van der Waals surface area (Å²) in [5, 5.41) is 2.04. The van der Waals surface area contributed by atoms with E-state index in [4.69, 9.17) is 5.73 Å². The van der Waals surface area contributed by atoms with E-state index in [9.17, 15) is 14.0 Å². The van der Waals surface area contributed by atoms with Crippen LogP contribution in [0.4, 0.5) is 10.1 Å². The molecule has 1 aromatic carbocycles. The molecule has 0 aliphatic carbocycles. The number of hydrogen-bond acceptors (Lipinski definition) is 3. The van der Waals surface area contributed by atoms with Crippen LogP contribution in [0, 0.1) is 5.82 Å². The fourth-order valence-electron chi connectivity index (χ4n) is 1.20. The van der Waals surface area contributed by atoms with Gasteiger partial charge in [-0.3, -0.25) is 14.9 Å². The van der Waals surface area contributed by atoms with Gasteiger partial charge < -0.3 is 5.73 Å². The number of rotatable bonds is 0. The van der Waals surface area contributed by atoms with Crippen LogP contribution in [-0.4, -0.2) is 11.8 Å². The summed E-state index contributed by atoms with van der Waals surface area (Å²) in [4.78, 5) is 22.0. The van der Waals surface area contributed by atoms with Gasteiger partial charge in [-0.1, -0.05) is 0 Å². The molecular weight excluding hydrogens is 175 g/mol. The van der Waals surface area contributed by atoms with Gasteiger partial charge in [0.1, 0.15) is 5.82 Å². The number of imide groups is 1. The smallest absolute Gasteiger partial charge is 0.259 e. The van der Waals surface area contributed by atoms with Gasteiger partial charge in [0, 0.05) is 0 Å². The monoisotopic (exact) mass is 180 g/mol. The molecule has 0 saturated carbocycles. The number of halogens is 1. The number of nitrogen functional groups attached to an aromatic ring is 1. The molecule has 3 N–H and O–H groups in total. The van der Waals surface area contributed by atoms with Gasteiger partial charge in [0.2, 0.25) is 0 Å². The molecule has 0 atom stereocenters. The normalized spacial score (nSPS) is 14.2. The molecule has 5 heteroatoms. The van der Waals surface area contributed by atoms with Crippen molar-refractivity contribution in [1.82, 2.24) is 5.32 Å². The lowest BCUT2D eigenvalue weighted by Gasteiger charge is -1.97. The number of benzene rings is 1. The van der Waals surface area contributed by atoms with E-state index < -0.39 is 17.6 Å². The largest absolute Gasteiger partial charge is 0.396 e. The molecule has 1 aliphatic rings. The summed E-state index contributed by atoms with van der Waals surface area (Å²) < 4.78 is 12.9. The summed E-state index contributed by atoms with van der Waals surface area (Å²) in [7, 11) is 0. The number of nitrogens with two attached hydrogens (primary N) is 1. The average Bonchev–Trinajstić information content (AvgIpc) is 2.31. The number of fused-ring (bicyclic) bond motifs is 1. The molecule has 1 aliphatic heterocycles. The quantitative estimate of drug-likeness (QED) is 0.445. The molecule has 0 fully saturated rings. The van der Waals surface area contributed by atoms with Crippen molar-refractivity contribution in [3.8, 4) is 0 Å². The molecule has 1 aromatic rings. The standard InChI is InChI=1S/C8H5FN2O2/c9-5-1-3-4(2-6(5)10)8(13)11-7(3)12/h1-2H,10H2,(H,11,12,13). The molecule has 0 aromatic heterocycles. The van der Waals surface area contributed by atoms with Crippen LogP contribution in [0.5, 0.6) is 0 Å². The summed E-state index contributed by atoms with van der Waals surface area (Å²) >= 11 is 0. The van der Waals surface area contributed by atoms with E-state index in [2.05, 4.69) is 0 Å². The Balaban J connectivity index is 2.72. The summed E-state index contributed by atoms with van der Waals surface area (Å²) in [5.41, 5.74) is 5.27. The summed E-state index contributed by atoms with van der Waals surface area (Å²) in [6.07, 6.45) is 0. The molecule has 13 heavy (non-hydrogen) atoms. The van der Waals surface area contributed by atoms with Crippen molar-refractivity contribution in [3.05, 3.63) is 29.1 Å². The second-order valence-corrected chi connectivity index (χ2v) is 2.70. The lowest BCUT2D eigenvalue weighted by Crippen LogP contribution is -2.19. The SMILES string of the molecule is Nc1cc2c(cc1F)C(=O)NC2=O. The third-order valence-corrected chi connectivity index (χ3v) is 1.85. The molecule has 0 radical (unpaired) electrons. The Morgan fingerprint density at radius 1 is 1.15 bits per heavy atom. The highest BCUT2D eigenvalue weighted by Crippen LogP contribution is 2.21. The minimum absolute atomic E-state index is 0.0386. The average molecular weight is 180 g/mol. The van der Waals surface area contributed by atoms with Crippen molar-refractivity contribution in [2.45, 2.75) is 0 Å². The minimum Gasteiger partial charge on any atom is -0.396 e.